The van der Waals surface area contributed by atoms with E-state index in [0.29, 0.717) is 4.90 Å². The van der Waals surface area contributed by atoms with Gasteiger partial charge in [-0.2, -0.15) is 0 Å². The van der Waals surface area contributed by atoms with Crippen LogP contribution in [-0.4, -0.2) is 24.4 Å². The molecule has 0 saturated heterocycles. The molecule has 0 aliphatic carbocycles. The van der Waals surface area contributed by atoms with E-state index < -0.39 is 11.1 Å². The van der Waals surface area contributed by atoms with Crippen molar-refractivity contribution in [2.75, 3.05) is 25.2 Å². The van der Waals surface area contributed by atoms with Crippen LogP contribution in [0.1, 0.15) is 6.92 Å². The molecule has 0 aromatic heterocycles. The van der Waals surface area contributed by atoms with Gasteiger partial charge in [0.2, 0.25) is 0 Å². The van der Waals surface area contributed by atoms with Gasteiger partial charge in [-0.15, -0.1) is 6.42 Å². The van der Waals surface area contributed by atoms with Crippen LogP contribution in [0.4, 0.5) is 5.69 Å². The molecule has 0 saturated carbocycles. The molecule has 1 aromatic carbocycles. The van der Waals surface area contributed by atoms with Crippen LogP contribution in [0.15, 0.2) is 29.2 Å². The molecule has 0 aliphatic heterocycles. The van der Waals surface area contributed by atoms with Crippen LogP contribution in [0, 0.1) is 12.3 Å². The summed E-state index contributed by atoms with van der Waals surface area (Å²) >= 11 is -1.49. The lowest BCUT2D eigenvalue weighted by Crippen LogP contribution is -2.34. The topological polar surface area (TPSA) is 41.6 Å². The maximum atomic E-state index is 11.6. The molecule has 0 unspecified atom stereocenters. The number of nitrogens with one attached hydrogen (secondary N) is 1. The molecule has 0 fully saturated rings. The Kier molecular flexibility index (Phi) is 5.70. The number of anilines is 1. The van der Waals surface area contributed by atoms with E-state index in [2.05, 4.69) is 11.3 Å². The van der Waals surface area contributed by atoms with E-state index >= 15 is 0 Å². The van der Waals surface area contributed by atoms with Gasteiger partial charge in [-0.05, 0) is 31.2 Å². The van der Waals surface area contributed by atoms with Gasteiger partial charge in [-0.25, -0.2) is 9.63 Å². The van der Waals surface area contributed by atoms with Gasteiger partial charge in [-0.3, -0.25) is 4.18 Å². The van der Waals surface area contributed by atoms with E-state index in [9.17, 15) is 4.21 Å². The van der Waals surface area contributed by atoms with Crippen LogP contribution in [0.25, 0.3) is 0 Å². The summed E-state index contributed by atoms with van der Waals surface area (Å²) in [5, 5.41) is 1.97. The van der Waals surface area contributed by atoms with Gasteiger partial charge >= 0.3 is 0 Å². The van der Waals surface area contributed by atoms with Crippen molar-refractivity contribution >= 4 is 16.8 Å². The molecule has 17 heavy (non-hydrogen) atoms. The minimum atomic E-state index is -1.49. The van der Waals surface area contributed by atoms with Crippen molar-refractivity contribution in [2.45, 2.75) is 11.8 Å². The molecule has 0 bridgehead atoms. The summed E-state index contributed by atoms with van der Waals surface area (Å²) in [6, 6.07) is 7.29. The maximum Gasteiger partial charge on any atom is 0.190 e. The van der Waals surface area contributed by atoms with Gasteiger partial charge in [-0.1, -0.05) is 5.92 Å². The van der Waals surface area contributed by atoms with E-state index in [1.165, 1.54) is 0 Å². The number of terminal acetylenes is 1. The molecule has 92 valence electrons. The van der Waals surface area contributed by atoms with Crippen molar-refractivity contribution in [3.8, 4) is 12.3 Å². The molecule has 1 atom stereocenters. The second kappa shape index (κ2) is 7.07. The molecule has 0 radical (unpaired) electrons. The molecule has 0 heterocycles. The predicted octanol–water partition coefficient (Wildman–Crippen LogP) is 1.32. The smallest absolute Gasteiger partial charge is 0.190 e. The Morgan fingerprint density at radius 1 is 1.47 bits per heavy atom. The van der Waals surface area contributed by atoms with Gasteiger partial charge < -0.3 is 5.01 Å². The lowest BCUT2D eigenvalue weighted by Gasteiger charge is -2.21. The number of hydrogen-bond acceptors (Lipinski definition) is 4. The van der Waals surface area contributed by atoms with Crippen molar-refractivity contribution in [1.29, 1.82) is 0 Å². The summed E-state index contributed by atoms with van der Waals surface area (Å²) in [5.74, 6) is 2.28. The Balaban J connectivity index is 2.74. The average molecular weight is 252 g/mol. The van der Waals surface area contributed by atoms with E-state index in [1.54, 1.807) is 12.1 Å². The third-order valence-corrected chi connectivity index (χ3v) is 3.17. The Bertz CT molecular complexity index is 408. The molecular weight excluding hydrogens is 236 g/mol. The molecule has 1 rings (SSSR count). The summed E-state index contributed by atoms with van der Waals surface area (Å²) in [6.45, 7) is 2.93. The van der Waals surface area contributed by atoms with Crippen LogP contribution in [0.3, 0.4) is 0 Å². The monoisotopic (exact) mass is 252 g/mol. The van der Waals surface area contributed by atoms with E-state index in [1.807, 2.05) is 31.1 Å². The Morgan fingerprint density at radius 3 is 2.59 bits per heavy atom. The number of nitrogens with zero attached hydrogens (tertiary/aromatic N) is 1. The van der Waals surface area contributed by atoms with Gasteiger partial charge in [0, 0.05) is 13.6 Å². The second-order valence-electron chi connectivity index (χ2n) is 3.16. The first-order chi connectivity index (χ1) is 8.22. The fourth-order valence-electron chi connectivity index (χ4n) is 1.36. The predicted molar refractivity (Wildman–Crippen MR) is 69.7 cm³/mol. The van der Waals surface area contributed by atoms with Crippen LogP contribution < -0.4 is 10.4 Å². The van der Waals surface area contributed by atoms with Crippen LogP contribution >= 0.6 is 0 Å². The highest BCUT2D eigenvalue weighted by Gasteiger charge is 2.06. The van der Waals surface area contributed by atoms with E-state index in [4.69, 9.17) is 10.6 Å². The minimum absolute atomic E-state index is 0.0476. The standard InChI is InChI=1S/C12H16N2O2S/c1-4-10-16-17(15)12-8-6-11(7-9-12)14(5-2)13-3/h1,6-9,13H,5,10H2,2-3H3/t17-/m1/s1. The Hall–Kier alpha value is -1.35. The highest BCUT2D eigenvalue weighted by atomic mass is 32.2. The Morgan fingerprint density at radius 2 is 2.12 bits per heavy atom. The SMILES string of the molecule is C#CCO[S@@](=O)c1ccc(N(CC)NC)cc1. The zero-order chi connectivity index (χ0) is 12.7. The normalized spacial score (nSPS) is 11.8. The summed E-state index contributed by atoms with van der Waals surface area (Å²) in [6.07, 6.45) is 5.03. The first-order valence-electron chi connectivity index (χ1n) is 5.26. The largest absolute Gasteiger partial charge is 0.309 e. The van der Waals surface area contributed by atoms with Crippen molar-refractivity contribution in [3.05, 3.63) is 24.3 Å². The zero-order valence-corrected chi connectivity index (χ0v) is 10.8. The summed E-state index contributed by atoms with van der Waals surface area (Å²) in [4.78, 5) is 0.608. The third-order valence-electron chi connectivity index (χ3n) is 2.18. The van der Waals surface area contributed by atoms with Crippen LogP contribution in [0.2, 0.25) is 0 Å². The number of rotatable bonds is 6. The maximum absolute atomic E-state index is 11.6. The van der Waals surface area contributed by atoms with Crippen molar-refractivity contribution in [2.24, 2.45) is 0 Å². The van der Waals surface area contributed by atoms with Gasteiger partial charge in [0.05, 0.1) is 10.6 Å². The summed E-state index contributed by atoms with van der Waals surface area (Å²) in [7, 11) is 1.85. The number of hydrazine groups is 1. The molecule has 0 spiro atoms. The lowest BCUT2D eigenvalue weighted by molar-refractivity contribution is 0.402. The molecule has 4 nitrogen and oxygen atoms in total. The van der Waals surface area contributed by atoms with E-state index in [-0.39, 0.29) is 6.61 Å². The van der Waals surface area contributed by atoms with Crippen molar-refractivity contribution in [3.63, 3.8) is 0 Å². The molecule has 1 N–H and O–H groups in total. The summed E-state index contributed by atoms with van der Waals surface area (Å²) in [5.41, 5.74) is 4.06. The molecule has 5 heteroatoms. The van der Waals surface area contributed by atoms with Gasteiger partial charge in [0.15, 0.2) is 11.1 Å². The summed E-state index contributed by atoms with van der Waals surface area (Å²) < 4.78 is 16.5. The third kappa shape index (κ3) is 3.86. The van der Waals surface area contributed by atoms with Gasteiger partial charge in [0.1, 0.15) is 6.61 Å². The number of benzene rings is 1. The average Bonchev–Trinajstić information content (AvgIpc) is 2.38. The highest BCUT2D eigenvalue weighted by Crippen LogP contribution is 2.16. The highest BCUT2D eigenvalue weighted by molar-refractivity contribution is 7.80. The zero-order valence-electron chi connectivity index (χ0n) is 9.97. The van der Waals surface area contributed by atoms with Gasteiger partial charge in [0.25, 0.3) is 0 Å². The second-order valence-corrected chi connectivity index (χ2v) is 4.34. The molecule has 0 amide bonds. The van der Waals surface area contributed by atoms with Crippen LogP contribution in [-0.2, 0) is 15.3 Å². The van der Waals surface area contributed by atoms with Crippen molar-refractivity contribution < 1.29 is 8.39 Å². The molecule has 1 aromatic rings. The molecule has 0 aliphatic rings. The Labute approximate surface area is 105 Å². The minimum Gasteiger partial charge on any atom is -0.309 e. The van der Waals surface area contributed by atoms with Crippen molar-refractivity contribution in [1.82, 2.24) is 5.43 Å². The van der Waals surface area contributed by atoms with E-state index in [0.717, 1.165) is 12.2 Å². The fourth-order valence-corrected chi connectivity index (χ4v) is 2.03. The quantitative estimate of drug-likeness (QED) is 0.612. The number of hydrogen-bond donors (Lipinski definition) is 1. The first kappa shape index (κ1) is 13.7. The molecular formula is C12H16N2O2S. The lowest BCUT2D eigenvalue weighted by atomic mass is 10.3. The first-order valence-corrected chi connectivity index (χ1v) is 6.34. The van der Waals surface area contributed by atoms with Crippen LogP contribution in [0.5, 0.6) is 0 Å². The fraction of sp³-hybridized carbons (Fsp3) is 0.333.